The van der Waals surface area contributed by atoms with Crippen LogP contribution in [0.1, 0.15) is 43.6 Å². The van der Waals surface area contributed by atoms with Gasteiger partial charge < -0.3 is 9.80 Å². The normalized spacial score (nSPS) is 15.4. The fourth-order valence-corrected chi connectivity index (χ4v) is 7.23. The molecule has 0 spiro atoms. The van der Waals surface area contributed by atoms with Crippen LogP contribution >= 0.6 is 23.2 Å². The molecule has 2 N–H and O–H groups in total. The van der Waals surface area contributed by atoms with Crippen molar-refractivity contribution in [2.45, 2.75) is 52.1 Å². The molecule has 0 radical (unpaired) electrons. The van der Waals surface area contributed by atoms with Crippen molar-refractivity contribution in [3.63, 3.8) is 0 Å². The molecule has 0 saturated carbocycles. The number of rotatable bonds is 12. The lowest BCUT2D eigenvalue weighted by molar-refractivity contribution is -0.673. The van der Waals surface area contributed by atoms with Gasteiger partial charge in [-0.15, -0.1) is 0 Å². The van der Waals surface area contributed by atoms with E-state index in [4.69, 9.17) is 23.2 Å². The van der Waals surface area contributed by atoms with E-state index in [0.717, 1.165) is 24.3 Å². The van der Waals surface area contributed by atoms with Gasteiger partial charge in [0, 0.05) is 37.7 Å². The van der Waals surface area contributed by atoms with E-state index < -0.39 is 65.3 Å². The van der Waals surface area contributed by atoms with Crippen molar-refractivity contribution in [3.05, 3.63) is 69.2 Å². The topological polar surface area (TPSA) is 124 Å². The molecule has 49 heavy (non-hydrogen) atoms. The lowest BCUT2D eigenvalue weighted by atomic mass is 10.1. The van der Waals surface area contributed by atoms with Crippen LogP contribution in [0.2, 0.25) is 10.0 Å². The quantitative estimate of drug-likeness (QED) is 0.114. The number of allylic oxidation sites excluding steroid dienone is 2. The largest absolute Gasteiger partial charge is 0.418 e. The second-order valence-corrected chi connectivity index (χ2v) is 14.9. The molecular weight excluding hydrogens is 749 g/mol. The maximum absolute atomic E-state index is 13.8. The first-order valence-electron chi connectivity index (χ1n) is 14.6. The van der Waals surface area contributed by atoms with Crippen molar-refractivity contribution < 1.29 is 56.9 Å². The lowest BCUT2D eigenvalue weighted by Crippen LogP contribution is -2.37. The molecule has 3 aromatic rings. The Morgan fingerprint density at radius 3 is 1.90 bits per heavy atom. The number of hydrogen-bond donors (Lipinski definition) is 2. The first-order valence-corrected chi connectivity index (χ1v) is 18.6. The highest BCUT2D eigenvalue weighted by Crippen LogP contribution is 2.48. The molecule has 1 aliphatic heterocycles. The molecule has 0 unspecified atom stereocenters. The van der Waals surface area contributed by atoms with Crippen molar-refractivity contribution >= 4 is 71.9 Å². The van der Waals surface area contributed by atoms with Gasteiger partial charge in [-0.2, -0.15) is 43.2 Å². The smallest absolute Gasteiger partial charge is 0.326 e. The molecule has 2 heterocycles. The van der Waals surface area contributed by atoms with Crippen LogP contribution in [0.25, 0.3) is 17.1 Å². The van der Waals surface area contributed by atoms with E-state index in [1.165, 1.54) is 27.7 Å². The van der Waals surface area contributed by atoms with Gasteiger partial charge >= 0.3 is 12.4 Å². The van der Waals surface area contributed by atoms with E-state index in [2.05, 4.69) is 0 Å². The SMILES string of the molecule is CCN1/C(=C\C=C\c2n(CC)c3cc(Cl)c(C(F)(F)F)cc3[n+]2CCCS(=O)(=O)O)N(CCCS(=O)(=O)O)c2cc(C(F)(F)F)c(Cl)cc21. The summed E-state index contributed by atoms with van der Waals surface area (Å²) in [6.45, 7) is 3.62. The Hall–Kier alpha value is -3.03. The Morgan fingerprint density at radius 1 is 0.796 bits per heavy atom. The molecule has 0 atom stereocenters. The summed E-state index contributed by atoms with van der Waals surface area (Å²) in [5.41, 5.74) is -1.49. The van der Waals surface area contributed by atoms with Crippen molar-refractivity contribution in [1.82, 2.24) is 4.57 Å². The summed E-state index contributed by atoms with van der Waals surface area (Å²) >= 11 is 12.0. The Morgan fingerprint density at radius 2 is 1.35 bits per heavy atom. The number of anilines is 2. The van der Waals surface area contributed by atoms with Gasteiger partial charge in [-0.25, -0.2) is 9.13 Å². The fourth-order valence-electron chi connectivity index (χ4n) is 5.71. The highest BCUT2D eigenvalue weighted by molar-refractivity contribution is 7.86. The van der Waals surface area contributed by atoms with Crippen LogP contribution in [-0.4, -0.2) is 55.1 Å². The fraction of sp³-hybridized carbons (Fsp3) is 0.414. The second kappa shape index (κ2) is 14.3. The Labute approximate surface area is 288 Å². The Kier molecular flexibility index (Phi) is 11.3. The summed E-state index contributed by atoms with van der Waals surface area (Å²) in [5, 5.41) is -1.12. The molecule has 2 aromatic carbocycles. The zero-order chi connectivity index (χ0) is 36.7. The number of fused-ring (bicyclic) bond motifs is 2. The van der Waals surface area contributed by atoms with Crippen LogP contribution < -0.4 is 14.4 Å². The van der Waals surface area contributed by atoms with Crippen LogP contribution in [-0.2, 0) is 45.7 Å². The van der Waals surface area contributed by atoms with E-state index in [-0.39, 0.29) is 50.2 Å². The number of aromatic nitrogens is 2. The Balaban J connectivity index is 1.88. The third-order valence-electron chi connectivity index (χ3n) is 7.70. The maximum atomic E-state index is 13.8. The number of benzene rings is 2. The van der Waals surface area contributed by atoms with Gasteiger partial charge in [0.1, 0.15) is 5.82 Å². The molecule has 1 aromatic heterocycles. The van der Waals surface area contributed by atoms with Gasteiger partial charge in [0.2, 0.25) is 0 Å². The molecule has 1 aliphatic rings. The number of hydrogen-bond acceptors (Lipinski definition) is 6. The van der Waals surface area contributed by atoms with Crippen molar-refractivity contribution in [2.24, 2.45) is 0 Å². The van der Waals surface area contributed by atoms with Crippen molar-refractivity contribution in [1.29, 1.82) is 0 Å². The summed E-state index contributed by atoms with van der Waals surface area (Å²) in [6, 6.07) is 3.98. The number of aryl methyl sites for hydroxylation is 2. The molecule has 20 heteroatoms. The molecule has 4 rings (SSSR count). The Bertz CT molecular complexity index is 2030. The lowest BCUT2D eigenvalue weighted by Gasteiger charge is -2.24. The van der Waals surface area contributed by atoms with E-state index in [9.17, 15) is 52.3 Å². The summed E-state index contributed by atoms with van der Waals surface area (Å²) in [7, 11) is -8.78. The average Bonchev–Trinajstić information content (AvgIpc) is 3.39. The molecule has 270 valence electrons. The minimum atomic E-state index is -4.80. The van der Waals surface area contributed by atoms with Gasteiger partial charge in [-0.3, -0.25) is 9.11 Å². The van der Waals surface area contributed by atoms with Crippen LogP contribution in [0, 0.1) is 0 Å². The third kappa shape index (κ3) is 8.83. The number of imidazole rings is 1. The van der Waals surface area contributed by atoms with Crippen LogP contribution in [0.4, 0.5) is 37.7 Å². The highest BCUT2D eigenvalue weighted by atomic mass is 35.5. The predicted molar refractivity (Wildman–Crippen MR) is 174 cm³/mol. The molecule has 10 nitrogen and oxygen atoms in total. The van der Waals surface area contributed by atoms with Crippen LogP contribution in [0.3, 0.4) is 0 Å². The maximum Gasteiger partial charge on any atom is 0.418 e. The highest BCUT2D eigenvalue weighted by Gasteiger charge is 2.39. The molecule has 0 amide bonds. The van der Waals surface area contributed by atoms with Gasteiger partial charge in [-0.05, 0) is 38.5 Å². The number of alkyl halides is 6. The second-order valence-electron chi connectivity index (χ2n) is 11.0. The standard InChI is InChI=1S/C29H30Cl2F6N4O6S2/c1-3-38-24-16-20(30)18(28(32,33)34)14-22(24)40(10-6-12-48(42,43)44)26(38)8-5-9-27-39(4-2)25-17-21(31)19(29(35,36)37)15-23(25)41(27)11-7-13-49(45,46)47/h5,8-9,14-17H,3-4,6-7,10-13H2,1-2H3,(H-,42,43,44,45,46,47)/p+1. The van der Waals surface area contributed by atoms with Gasteiger partial charge in [0.15, 0.2) is 11.0 Å². The number of halogens is 8. The van der Waals surface area contributed by atoms with Crippen molar-refractivity contribution in [3.8, 4) is 0 Å². The average molecular weight is 781 g/mol. The van der Waals surface area contributed by atoms with E-state index in [1.54, 1.807) is 23.3 Å². The molecule has 0 saturated heterocycles. The molecule has 0 bridgehead atoms. The monoisotopic (exact) mass is 779 g/mol. The van der Waals surface area contributed by atoms with Crippen molar-refractivity contribution in [2.75, 3.05) is 34.4 Å². The first kappa shape index (κ1) is 38.8. The summed E-state index contributed by atoms with van der Waals surface area (Å²) in [4.78, 5) is 3.06. The molecular formula is C29H31Cl2F6N4O6S2+. The predicted octanol–water partition coefficient (Wildman–Crippen LogP) is 7.05. The van der Waals surface area contributed by atoms with Gasteiger partial charge in [0.05, 0.1) is 57.1 Å². The van der Waals surface area contributed by atoms with E-state index in [1.807, 2.05) is 0 Å². The van der Waals surface area contributed by atoms with Gasteiger partial charge in [0.25, 0.3) is 26.1 Å². The summed E-state index contributed by atoms with van der Waals surface area (Å²) in [5.74, 6) is -0.731. The van der Waals surface area contributed by atoms with E-state index in [0.29, 0.717) is 22.8 Å². The molecule has 0 aliphatic carbocycles. The minimum absolute atomic E-state index is 0.0748. The summed E-state index contributed by atoms with van der Waals surface area (Å²) < 4.78 is 150. The first-order chi connectivity index (χ1) is 22.6. The molecule has 0 fully saturated rings. The summed E-state index contributed by atoms with van der Waals surface area (Å²) in [6.07, 6.45) is -5.44. The van der Waals surface area contributed by atoms with Crippen LogP contribution in [0.5, 0.6) is 0 Å². The zero-order valence-electron chi connectivity index (χ0n) is 25.9. The van der Waals surface area contributed by atoms with E-state index >= 15 is 0 Å². The van der Waals surface area contributed by atoms with Gasteiger partial charge in [-0.1, -0.05) is 29.3 Å². The number of nitrogens with zero attached hydrogens (tertiary/aromatic N) is 4. The van der Waals surface area contributed by atoms with Crippen LogP contribution in [0.15, 0.2) is 42.2 Å². The zero-order valence-corrected chi connectivity index (χ0v) is 29.0. The minimum Gasteiger partial charge on any atom is -0.326 e. The third-order valence-corrected chi connectivity index (χ3v) is 9.93.